The lowest BCUT2D eigenvalue weighted by Crippen LogP contribution is -2.02. The van der Waals surface area contributed by atoms with Gasteiger partial charge in [-0.3, -0.25) is 4.57 Å². The van der Waals surface area contributed by atoms with E-state index in [-0.39, 0.29) is 11.5 Å². The molecule has 0 saturated carbocycles. The van der Waals surface area contributed by atoms with Gasteiger partial charge in [-0.25, -0.2) is 14.4 Å². The number of hydrogen-bond donors (Lipinski definition) is 1. The SMILES string of the molecule is Cc1cnc2c(c1)nc(N)n2-c1ccc(F)c(C#N)c1. The van der Waals surface area contributed by atoms with Gasteiger partial charge in [0.05, 0.1) is 11.3 Å². The molecule has 2 aromatic heterocycles. The molecule has 0 amide bonds. The van der Waals surface area contributed by atoms with Crippen molar-refractivity contribution in [1.29, 1.82) is 5.26 Å². The molecule has 3 aromatic rings. The number of pyridine rings is 1. The fraction of sp³-hybridized carbons (Fsp3) is 0.0714. The van der Waals surface area contributed by atoms with Gasteiger partial charge < -0.3 is 5.73 Å². The van der Waals surface area contributed by atoms with Crippen molar-refractivity contribution < 1.29 is 4.39 Å². The average Bonchev–Trinajstić information content (AvgIpc) is 2.74. The van der Waals surface area contributed by atoms with Gasteiger partial charge in [0.25, 0.3) is 0 Å². The maximum absolute atomic E-state index is 13.4. The number of halogens is 1. The van der Waals surface area contributed by atoms with Gasteiger partial charge in [-0.1, -0.05) is 0 Å². The van der Waals surface area contributed by atoms with Crippen LogP contribution in [-0.4, -0.2) is 14.5 Å². The molecule has 0 saturated heterocycles. The number of nitrogens with zero attached hydrogens (tertiary/aromatic N) is 4. The Balaban J connectivity index is 2.29. The summed E-state index contributed by atoms with van der Waals surface area (Å²) in [6, 6.07) is 7.86. The fourth-order valence-corrected chi connectivity index (χ4v) is 2.08. The molecule has 20 heavy (non-hydrogen) atoms. The predicted octanol–water partition coefficient (Wildman–Crippen LogP) is 2.32. The third-order valence-electron chi connectivity index (χ3n) is 2.99. The smallest absolute Gasteiger partial charge is 0.207 e. The number of aromatic nitrogens is 3. The molecule has 0 bridgehead atoms. The van der Waals surface area contributed by atoms with E-state index in [0.717, 1.165) is 5.56 Å². The Hall–Kier alpha value is -2.94. The van der Waals surface area contributed by atoms with Crippen LogP contribution in [0.1, 0.15) is 11.1 Å². The molecule has 2 N–H and O–H groups in total. The molecule has 3 rings (SSSR count). The highest BCUT2D eigenvalue weighted by molar-refractivity contribution is 5.77. The zero-order valence-corrected chi connectivity index (χ0v) is 10.6. The van der Waals surface area contributed by atoms with E-state index in [0.29, 0.717) is 16.9 Å². The molecule has 0 aliphatic heterocycles. The first-order chi connectivity index (χ1) is 9.60. The summed E-state index contributed by atoms with van der Waals surface area (Å²) < 4.78 is 15.0. The summed E-state index contributed by atoms with van der Waals surface area (Å²) in [5, 5.41) is 8.90. The molecule has 98 valence electrons. The molecule has 0 unspecified atom stereocenters. The number of nitrogens with two attached hydrogens (primary N) is 1. The van der Waals surface area contributed by atoms with Crippen LogP contribution in [0.2, 0.25) is 0 Å². The Labute approximate surface area is 114 Å². The van der Waals surface area contributed by atoms with Crippen molar-refractivity contribution in [3.05, 3.63) is 47.4 Å². The average molecular weight is 267 g/mol. The van der Waals surface area contributed by atoms with Crippen LogP contribution in [-0.2, 0) is 0 Å². The highest BCUT2D eigenvalue weighted by Gasteiger charge is 2.13. The van der Waals surface area contributed by atoms with Crippen LogP contribution in [0, 0.1) is 24.1 Å². The summed E-state index contributed by atoms with van der Waals surface area (Å²) in [6.07, 6.45) is 1.70. The Kier molecular flexibility index (Phi) is 2.61. The van der Waals surface area contributed by atoms with E-state index in [1.165, 1.54) is 18.2 Å². The van der Waals surface area contributed by atoms with Gasteiger partial charge in [0.15, 0.2) is 5.65 Å². The van der Waals surface area contributed by atoms with Crippen molar-refractivity contribution in [3.63, 3.8) is 0 Å². The van der Waals surface area contributed by atoms with Crippen molar-refractivity contribution in [2.75, 3.05) is 5.73 Å². The lowest BCUT2D eigenvalue weighted by atomic mass is 10.2. The van der Waals surface area contributed by atoms with Gasteiger partial charge in [0.1, 0.15) is 17.4 Å². The van der Waals surface area contributed by atoms with Crippen LogP contribution in [0.25, 0.3) is 16.9 Å². The van der Waals surface area contributed by atoms with Crippen LogP contribution in [0.3, 0.4) is 0 Å². The molecule has 0 aliphatic carbocycles. The molecule has 0 aliphatic rings. The Bertz CT molecular complexity index is 860. The molecule has 0 fully saturated rings. The summed E-state index contributed by atoms with van der Waals surface area (Å²) in [6.45, 7) is 1.91. The molecule has 0 radical (unpaired) electrons. The van der Waals surface area contributed by atoms with Gasteiger partial charge in [-0.15, -0.1) is 0 Å². The number of rotatable bonds is 1. The number of aryl methyl sites for hydroxylation is 1. The Morgan fingerprint density at radius 1 is 1.35 bits per heavy atom. The topological polar surface area (TPSA) is 80.5 Å². The molecule has 5 nitrogen and oxygen atoms in total. The zero-order chi connectivity index (χ0) is 14.3. The summed E-state index contributed by atoms with van der Waals surface area (Å²) >= 11 is 0. The van der Waals surface area contributed by atoms with E-state index >= 15 is 0 Å². The van der Waals surface area contributed by atoms with Crippen molar-refractivity contribution in [3.8, 4) is 11.8 Å². The minimum Gasteiger partial charge on any atom is -0.369 e. The lowest BCUT2D eigenvalue weighted by Gasteiger charge is -2.06. The molecule has 0 spiro atoms. The van der Waals surface area contributed by atoms with E-state index < -0.39 is 5.82 Å². The van der Waals surface area contributed by atoms with Crippen molar-refractivity contribution >= 4 is 17.1 Å². The Morgan fingerprint density at radius 2 is 2.15 bits per heavy atom. The van der Waals surface area contributed by atoms with Gasteiger partial charge in [-0.2, -0.15) is 5.26 Å². The molecule has 6 heteroatoms. The first-order valence-electron chi connectivity index (χ1n) is 5.91. The monoisotopic (exact) mass is 267 g/mol. The summed E-state index contributed by atoms with van der Waals surface area (Å²) in [4.78, 5) is 8.53. The van der Waals surface area contributed by atoms with Crippen LogP contribution >= 0.6 is 0 Å². The lowest BCUT2D eigenvalue weighted by molar-refractivity contribution is 0.623. The molecular weight excluding hydrogens is 257 g/mol. The van der Waals surface area contributed by atoms with Crippen LogP contribution in [0.4, 0.5) is 10.3 Å². The minimum atomic E-state index is -0.567. The maximum Gasteiger partial charge on any atom is 0.207 e. The largest absolute Gasteiger partial charge is 0.369 e. The second kappa shape index (κ2) is 4.31. The second-order valence-electron chi connectivity index (χ2n) is 4.44. The number of nitriles is 1. The number of benzene rings is 1. The number of hydrogen-bond acceptors (Lipinski definition) is 4. The van der Waals surface area contributed by atoms with E-state index in [1.807, 2.05) is 13.0 Å². The van der Waals surface area contributed by atoms with Gasteiger partial charge in [0, 0.05) is 6.20 Å². The molecule has 2 heterocycles. The van der Waals surface area contributed by atoms with E-state index in [9.17, 15) is 4.39 Å². The second-order valence-corrected chi connectivity index (χ2v) is 4.44. The fourth-order valence-electron chi connectivity index (χ4n) is 2.08. The third kappa shape index (κ3) is 1.77. The number of fused-ring (bicyclic) bond motifs is 1. The van der Waals surface area contributed by atoms with E-state index in [1.54, 1.807) is 16.8 Å². The number of anilines is 1. The maximum atomic E-state index is 13.4. The van der Waals surface area contributed by atoms with Gasteiger partial charge in [-0.05, 0) is 36.8 Å². The van der Waals surface area contributed by atoms with Crippen LogP contribution < -0.4 is 5.73 Å². The molecule has 0 atom stereocenters. The first-order valence-corrected chi connectivity index (χ1v) is 5.91. The Morgan fingerprint density at radius 3 is 2.90 bits per heavy atom. The number of imidazole rings is 1. The molecule has 1 aromatic carbocycles. The zero-order valence-electron chi connectivity index (χ0n) is 10.6. The quantitative estimate of drug-likeness (QED) is 0.733. The van der Waals surface area contributed by atoms with Gasteiger partial charge in [0.2, 0.25) is 5.95 Å². The standard InChI is InChI=1S/C14H10FN5/c1-8-4-12-13(18-7-8)20(14(17)19-12)10-2-3-11(15)9(5-10)6-16/h2-5,7H,1H3,(H2,17,19). The number of nitrogen functional groups attached to an aromatic ring is 1. The van der Waals surface area contributed by atoms with E-state index in [2.05, 4.69) is 9.97 Å². The highest BCUT2D eigenvalue weighted by Crippen LogP contribution is 2.23. The van der Waals surface area contributed by atoms with Gasteiger partial charge >= 0.3 is 0 Å². The van der Waals surface area contributed by atoms with Crippen LogP contribution in [0.5, 0.6) is 0 Å². The summed E-state index contributed by atoms with van der Waals surface area (Å²) in [7, 11) is 0. The molecular formula is C14H10FN5. The van der Waals surface area contributed by atoms with Crippen molar-refractivity contribution in [1.82, 2.24) is 14.5 Å². The summed E-state index contributed by atoms with van der Waals surface area (Å²) in [5.74, 6) is -0.323. The third-order valence-corrected chi connectivity index (χ3v) is 2.99. The normalized spacial score (nSPS) is 10.7. The minimum absolute atomic E-state index is 0.0455. The van der Waals surface area contributed by atoms with Crippen molar-refractivity contribution in [2.45, 2.75) is 6.92 Å². The van der Waals surface area contributed by atoms with E-state index in [4.69, 9.17) is 11.0 Å². The summed E-state index contributed by atoms with van der Waals surface area (Å²) in [5.41, 5.74) is 8.61. The first kappa shape index (κ1) is 12.1. The van der Waals surface area contributed by atoms with Crippen molar-refractivity contribution in [2.24, 2.45) is 0 Å². The van der Waals surface area contributed by atoms with Crippen LogP contribution in [0.15, 0.2) is 30.5 Å². The highest BCUT2D eigenvalue weighted by atomic mass is 19.1. The predicted molar refractivity (Wildman–Crippen MR) is 72.7 cm³/mol.